The molecular weight excluding hydrogens is 444 g/mol. The number of carboxylic acid groups (broad SMARTS) is 1. The van der Waals surface area contributed by atoms with Gasteiger partial charge in [-0.3, -0.25) is 4.79 Å². The number of amides is 2. The van der Waals surface area contributed by atoms with Crippen LogP contribution in [0.4, 0.5) is 4.79 Å². The second kappa shape index (κ2) is 10.4. The Bertz CT molecular complexity index is 1180. The quantitative estimate of drug-likeness (QED) is 0.453. The number of hydrogen-bond donors (Lipinski definition) is 3. The second-order valence-corrected chi connectivity index (χ2v) is 8.90. The van der Waals surface area contributed by atoms with Crippen molar-refractivity contribution < 1.29 is 24.2 Å². The summed E-state index contributed by atoms with van der Waals surface area (Å²) in [5, 5.41) is 15.4. The number of nitrogens with one attached hydrogen (secondary N) is 2. The molecule has 3 aromatic carbocycles. The number of ether oxygens (including phenoxy) is 1. The Morgan fingerprint density at radius 3 is 1.91 bits per heavy atom. The number of hydrogen-bond acceptors (Lipinski definition) is 4. The Hall–Kier alpha value is -4.13. The molecule has 2 amide bonds. The van der Waals surface area contributed by atoms with Crippen LogP contribution in [0, 0.1) is 5.92 Å². The van der Waals surface area contributed by atoms with E-state index in [9.17, 15) is 19.5 Å². The normalized spacial score (nSPS) is 13.9. The van der Waals surface area contributed by atoms with Crippen LogP contribution in [0.3, 0.4) is 0 Å². The maximum Gasteiger partial charge on any atom is 0.408 e. The van der Waals surface area contributed by atoms with E-state index >= 15 is 0 Å². The average molecular weight is 473 g/mol. The van der Waals surface area contributed by atoms with E-state index in [1.165, 1.54) is 0 Å². The average Bonchev–Trinajstić information content (AvgIpc) is 3.19. The van der Waals surface area contributed by atoms with Crippen LogP contribution in [0.15, 0.2) is 78.9 Å². The fraction of sp³-hybridized carbons (Fsp3) is 0.250. The Labute approximate surface area is 204 Å². The zero-order chi connectivity index (χ0) is 24.9. The van der Waals surface area contributed by atoms with Crippen LogP contribution in [-0.4, -0.2) is 35.2 Å². The maximum absolute atomic E-state index is 13.2. The minimum Gasteiger partial charge on any atom is -0.480 e. The molecule has 0 heterocycles. The molecule has 35 heavy (non-hydrogen) atoms. The fourth-order valence-electron chi connectivity index (χ4n) is 4.51. The van der Waals surface area contributed by atoms with E-state index in [4.69, 9.17) is 4.74 Å². The van der Waals surface area contributed by atoms with Gasteiger partial charge in [0.2, 0.25) is 5.91 Å². The van der Waals surface area contributed by atoms with Crippen molar-refractivity contribution in [2.75, 3.05) is 0 Å². The zero-order valence-corrected chi connectivity index (χ0v) is 19.6. The van der Waals surface area contributed by atoms with Crippen LogP contribution in [0.5, 0.6) is 0 Å². The zero-order valence-electron chi connectivity index (χ0n) is 19.6. The highest BCUT2D eigenvalue weighted by Crippen LogP contribution is 2.46. The number of aliphatic carboxylic acids is 1. The molecule has 0 radical (unpaired) electrons. The number of fused-ring (bicyclic) bond motifs is 3. The number of benzene rings is 3. The van der Waals surface area contributed by atoms with Gasteiger partial charge in [-0.25, -0.2) is 9.59 Å². The molecule has 0 unspecified atom stereocenters. The predicted octanol–water partition coefficient (Wildman–Crippen LogP) is 4.32. The van der Waals surface area contributed by atoms with Crippen molar-refractivity contribution in [3.8, 4) is 11.1 Å². The number of carboxylic acids is 1. The highest BCUT2D eigenvalue weighted by molar-refractivity contribution is 5.92. The maximum atomic E-state index is 13.2. The molecule has 0 bridgehead atoms. The molecule has 0 spiro atoms. The highest BCUT2D eigenvalue weighted by atomic mass is 16.5. The lowest BCUT2D eigenvalue weighted by Crippen LogP contribution is -2.55. The number of rotatable bonds is 8. The summed E-state index contributed by atoms with van der Waals surface area (Å²) in [6, 6.07) is 22.2. The Morgan fingerprint density at radius 1 is 0.829 bits per heavy atom. The molecule has 1 aliphatic carbocycles. The molecular formula is C28H28N2O5. The molecule has 0 saturated heterocycles. The number of alkyl carbamates (subject to hydrolysis) is 1. The van der Waals surface area contributed by atoms with E-state index in [-0.39, 0.29) is 12.5 Å². The highest BCUT2D eigenvalue weighted by Gasteiger charge is 2.40. The van der Waals surface area contributed by atoms with Crippen LogP contribution < -0.4 is 10.6 Å². The van der Waals surface area contributed by atoms with Gasteiger partial charge in [-0.1, -0.05) is 92.7 Å². The van der Waals surface area contributed by atoms with Crippen molar-refractivity contribution in [2.45, 2.75) is 38.5 Å². The van der Waals surface area contributed by atoms with Gasteiger partial charge >= 0.3 is 12.1 Å². The van der Waals surface area contributed by atoms with Gasteiger partial charge in [-0.2, -0.15) is 0 Å². The smallest absolute Gasteiger partial charge is 0.408 e. The first kappa shape index (κ1) is 24.0. The summed E-state index contributed by atoms with van der Waals surface area (Å²) in [5.74, 6) is -2.58. The first-order valence-corrected chi connectivity index (χ1v) is 11.6. The lowest BCUT2D eigenvalue weighted by molar-refractivity contribution is -0.142. The van der Waals surface area contributed by atoms with Gasteiger partial charge in [0.1, 0.15) is 18.7 Å². The largest absolute Gasteiger partial charge is 0.480 e. The van der Waals surface area contributed by atoms with E-state index in [1.54, 1.807) is 13.8 Å². The molecule has 3 aromatic rings. The third-order valence-electron chi connectivity index (χ3n) is 6.21. The SMILES string of the molecule is CC(C)[C@H](NC(=O)OCc1ccccc1)C(=O)N[C@H](C(=O)O)C1c2ccccc2-c2ccccc21. The topological polar surface area (TPSA) is 105 Å². The molecule has 0 saturated carbocycles. The first-order chi connectivity index (χ1) is 16.9. The molecule has 0 aromatic heterocycles. The molecule has 7 nitrogen and oxygen atoms in total. The van der Waals surface area contributed by atoms with Crippen LogP contribution in [0.25, 0.3) is 11.1 Å². The van der Waals surface area contributed by atoms with Crippen molar-refractivity contribution >= 4 is 18.0 Å². The van der Waals surface area contributed by atoms with Crippen molar-refractivity contribution in [3.05, 3.63) is 95.6 Å². The van der Waals surface area contributed by atoms with Crippen molar-refractivity contribution in [1.29, 1.82) is 0 Å². The van der Waals surface area contributed by atoms with Crippen LogP contribution in [0.1, 0.15) is 36.5 Å². The summed E-state index contributed by atoms with van der Waals surface area (Å²) < 4.78 is 5.26. The van der Waals surface area contributed by atoms with E-state index in [2.05, 4.69) is 10.6 Å². The van der Waals surface area contributed by atoms with E-state index in [1.807, 2.05) is 78.9 Å². The van der Waals surface area contributed by atoms with Gasteiger partial charge in [0.15, 0.2) is 0 Å². The fourth-order valence-corrected chi connectivity index (χ4v) is 4.51. The lowest BCUT2D eigenvalue weighted by atomic mass is 9.88. The summed E-state index contributed by atoms with van der Waals surface area (Å²) in [6.07, 6.45) is -0.744. The first-order valence-electron chi connectivity index (χ1n) is 11.6. The third kappa shape index (κ3) is 5.19. The number of carbonyl (C=O) groups is 3. The molecule has 180 valence electrons. The van der Waals surface area contributed by atoms with E-state index in [0.29, 0.717) is 0 Å². The van der Waals surface area contributed by atoms with E-state index in [0.717, 1.165) is 27.8 Å². The van der Waals surface area contributed by atoms with Gasteiger partial charge in [0, 0.05) is 5.92 Å². The van der Waals surface area contributed by atoms with E-state index < -0.39 is 36.0 Å². The summed E-state index contributed by atoms with van der Waals surface area (Å²) in [4.78, 5) is 38.0. The van der Waals surface area contributed by atoms with Crippen molar-refractivity contribution in [2.24, 2.45) is 5.92 Å². The van der Waals surface area contributed by atoms with Gasteiger partial charge in [-0.05, 0) is 33.7 Å². The number of carbonyl (C=O) groups excluding carboxylic acids is 2. The Morgan fingerprint density at radius 2 is 1.37 bits per heavy atom. The van der Waals surface area contributed by atoms with Crippen molar-refractivity contribution in [3.63, 3.8) is 0 Å². The van der Waals surface area contributed by atoms with Crippen LogP contribution in [-0.2, 0) is 20.9 Å². The van der Waals surface area contributed by atoms with Crippen molar-refractivity contribution in [1.82, 2.24) is 10.6 Å². The molecule has 4 rings (SSSR count). The second-order valence-electron chi connectivity index (χ2n) is 8.90. The van der Waals surface area contributed by atoms with Crippen LogP contribution in [0.2, 0.25) is 0 Å². The lowest BCUT2D eigenvalue weighted by Gasteiger charge is -2.27. The molecule has 7 heteroatoms. The van der Waals surface area contributed by atoms with Gasteiger partial charge in [0.05, 0.1) is 0 Å². The minimum absolute atomic E-state index is 0.0620. The third-order valence-corrected chi connectivity index (χ3v) is 6.21. The Kier molecular flexibility index (Phi) is 7.15. The van der Waals surface area contributed by atoms with Crippen LogP contribution >= 0.6 is 0 Å². The Balaban J connectivity index is 1.51. The molecule has 2 atom stereocenters. The molecule has 1 aliphatic rings. The van der Waals surface area contributed by atoms with Gasteiger partial charge in [-0.15, -0.1) is 0 Å². The summed E-state index contributed by atoms with van der Waals surface area (Å²) in [6.45, 7) is 3.61. The summed E-state index contributed by atoms with van der Waals surface area (Å²) >= 11 is 0. The summed E-state index contributed by atoms with van der Waals surface area (Å²) in [5.41, 5.74) is 4.42. The molecule has 0 fully saturated rings. The molecule has 3 N–H and O–H groups in total. The van der Waals surface area contributed by atoms with Gasteiger partial charge < -0.3 is 20.5 Å². The molecule has 0 aliphatic heterocycles. The monoisotopic (exact) mass is 472 g/mol. The van der Waals surface area contributed by atoms with Gasteiger partial charge in [0.25, 0.3) is 0 Å². The predicted molar refractivity (Wildman–Crippen MR) is 132 cm³/mol. The minimum atomic E-state index is -1.21. The summed E-state index contributed by atoms with van der Waals surface area (Å²) in [7, 11) is 0. The standard InChI is InChI=1S/C28H28N2O5/c1-17(2)24(30-28(34)35-16-18-10-4-3-5-11-18)26(31)29-25(27(32)33)23-21-14-8-6-12-19(21)20-13-7-9-15-22(20)23/h3-15,17,23-25H,16H2,1-2H3,(H,29,31)(H,30,34)(H,32,33)/t24-,25-/m0/s1.